The molecule has 1 aromatic carbocycles. The van der Waals surface area contributed by atoms with Crippen molar-refractivity contribution in [2.45, 2.75) is 51.7 Å². The van der Waals surface area contributed by atoms with Crippen LogP contribution in [0.25, 0.3) is 0 Å². The second-order valence-corrected chi connectivity index (χ2v) is 5.33. The quantitative estimate of drug-likeness (QED) is 0.904. The minimum atomic E-state index is -0.523. The van der Waals surface area contributed by atoms with Crippen molar-refractivity contribution < 1.29 is 14.0 Å². The summed E-state index contributed by atoms with van der Waals surface area (Å²) in [6.07, 6.45) is 1.93. The van der Waals surface area contributed by atoms with Crippen LogP contribution in [0.4, 0.5) is 4.39 Å². The minimum Gasteiger partial charge on any atom is -0.343 e. The number of rotatable bonds is 5. The summed E-state index contributed by atoms with van der Waals surface area (Å²) in [7, 11) is 0. The Morgan fingerprint density at radius 1 is 1.24 bits per heavy atom. The van der Waals surface area contributed by atoms with Crippen LogP contribution in [0.2, 0.25) is 0 Å². The summed E-state index contributed by atoms with van der Waals surface area (Å²) < 4.78 is 13.8. The van der Waals surface area contributed by atoms with Gasteiger partial charge in [-0.3, -0.25) is 9.59 Å². The summed E-state index contributed by atoms with van der Waals surface area (Å²) in [4.78, 5) is 26.2. The van der Waals surface area contributed by atoms with Gasteiger partial charge in [0.25, 0.3) is 0 Å². The first-order chi connectivity index (χ1) is 10.1. The van der Waals surface area contributed by atoms with Crippen LogP contribution in [0.3, 0.4) is 0 Å². The molecule has 21 heavy (non-hydrogen) atoms. The van der Waals surface area contributed by atoms with E-state index in [1.807, 2.05) is 13.8 Å². The number of halogens is 1. The highest BCUT2D eigenvalue weighted by atomic mass is 19.1. The van der Waals surface area contributed by atoms with Gasteiger partial charge in [0.15, 0.2) is 0 Å². The molecule has 2 amide bonds. The first-order valence-corrected chi connectivity index (χ1v) is 7.42. The van der Waals surface area contributed by atoms with Gasteiger partial charge >= 0.3 is 0 Å². The van der Waals surface area contributed by atoms with Gasteiger partial charge in [-0.25, -0.2) is 4.39 Å². The van der Waals surface area contributed by atoms with Gasteiger partial charge in [-0.05, 0) is 18.9 Å². The standard InChI is InChI=1S/C16H21FN2O2/c1-3-7-13-16(21)19(14(4-2)15(20)18-13)10-11-8-5-6-9-12(11)17/h5-6,8-9,13-14H,3-4,7,10H2,1-2H3,(H,18,20). The Kier molecular flexibility index (Phi) is 4.94. The number of amides is 2. The molecule has 0 spiro atoms. The fourth-order valence-electron chi connectivity index (χ4n) is 2.71. The first kappa shape index (κ1) is 15.5. The molecule has 1 aliphatic heterocycles. The molecule has 2 unspecified atom stereocenters. The maximum atomic E-state index is 13.8. The van der Waals surface area contributed by atoms with Crippen molar-refractivity contribution in [1.82, 2.24) is 10.2 Å². The van der Waals surface area contributed by atoms with E-state index in [0.29, 0.717) is 18.4 Å². The summed E-state index contributed by atoms with van der Waals surface area (Å²) in [5, 5.41) is 2.77. The number of nitrogens with one attached hydrogen (secondary N) is 1. The second-order valence-electron chi connectivity index (χ2n) is 5.33. The minimum absolute atomic E-state index is 0.119. The largest absolute Gasteiger partial charge is 0.343 e. The van der Waals surface area contributed by atoms with E-state index in [0.717, 1.165) is 6.42 Å². The van der Waals surface area contributed by atoms with E-state index in [1.165, 1.54) is 11.0 Å². The topological polar surface area (TPSA) is 49.4 Å². The number of carbonyl (C=O) groups excluding carboxylic acids is 2. The Balaban J connectivity index is 2.25. The van der Waals surface area contributed by atoms with Gasteiger partial charge in [-0.15, -0.1) is 0 Å². The van der Waals surface area contributed by atoms with Crippen LogP contribution in [0, 0.1) is 5.82 Å². The Morgan fingerprint density at radius 3 is 2.57 bits per heavy atom. The molecule has 1 saturated heterocycles. The van der Waals surface area contributed by atoms with E-state index in [4.69, 9.17) is 0 Å². The summed E-state index contributed by atoms with van der Waals surface area (Å²) in [6, 6.07) is 5.35. The number of nitrogens with zero attached hydrogens (tertiary/aromatic N) is 1. The molecule has 0 aliphatic carbocycles. The van der Waals surface area contributed by atoms with Gasteiger partial charge in [-0.2, -0.15) is 0 Å². The van der Waals surface area contributed by atoms with Crippen LogP contribution < -0.4 is 5.32 Å². The van der Waals surface area contributed by atoms with Gasteiger partial charge in [0.2, 0.25) is 11.8 Å². The Labute approximate surface area is 124 Å². The van der Waals surface area contributed by atoms with Crippen molar-refractivity contribution in [2.24, 2.45) is 0 Å². The summed E-state index contributed by atoms with van der Waals surface area (Å²) in [5.41, 5.74) is 0.439. The highest BCUT2D eigenvalue weighted by molar-refractivity contribution is 5.96. The van der Waals surface area contributed by atoms with Gasteiger partial charge in [0.1, 0.15) is 17.9 Å². The van der Waals surface area contributed by atoms with Gasteiger partial charge in [0.05, 0.1) is 0 Å². The lowest BCUT2D eigenvalue weighted by atomic mass is 10.0. The van der Waals surface area contributed by atoms with Crippen molar-refractivity contribution in [3.63, 3.8) is 0 Å². The number of benzene rings is 1. The van der Waals surface area contributed by atoms with E-state index < -0.39 is 12.1 Å². The Bertz CT molecular complexity index is 533. The molecule has 0 saturated carbocycles. The third-order valence-corrected chi connectivity index (χ3v) is 3.84. The zero-order valence-corrected chi connectivity index (χ0v) is 12.4. The fourth-order valence-corrected chi connectivity index (χ4v) is 2.71. The average Bonchev–Trinajstić information content (AvgIpc) is 2.46. The maximum absolute atomic E-state index is 13.8. The molecule has 0 radical (unpaired) electrons. The van der Waals surface area contributed by atoms with Crippen molar-refractivity contribution in [1.29, 1.82) is 0 Å². The zero-order valence-electron chi connectivity index (χ0n) is 12.4. The monoisotopic (exact) mass is 292 g/mol. The third-order valence-electron chi connectivity index (χ3n) is 3.84. The molecule has 1 aliphatic rings. The number of hydrogen-bond donors (Lipinski definition) is 1. The van der Waals surface area contributed by atoms with E-state index >= 15 is 0 Å². The smallest absolute Gasteiger partial charge is 0.246 e. The lowest BCUT2D eigenvalue weighted by Gasteiger charge is -2.38. The third kappa shape index (κ3) is 3.23. The molecule has 1 N–H and O–H groups in total. The SMILES string of the molecule is CCCC1NC(=O)C(CC)N(Cc2ccccc2F)C1=O. The molecule has 1 heterocycles. The predicted molar refractivity (Wildman–Crippen MR) is 77.9 cm³/mol. The molecule has 2 rings (SSSR count). The molecule has 1 aromatic rings. The summed E-state index contributed by atoms with van der Waals surface area (Å²) in [6.45, 7) is 3.95. The van der Waals surface area contributed by atoms with Crippen molar-refractivity contribution in [2.75, 3.05) is 0 Å². The molecular weight excluding hydrogens is 271 g/mol. The van der Waals surface area contributed by atoms with Crippen LogP contribution in [0.15, 0.2) is 24.3 Å². The average molecular weight is 292 g/mol. The van der Waals surface area contributed by atoms with E-state index in [1.54, 1.807) is 18.2 Å². The lowest BCUT2D eigenvalue weighted by molar-refractivity contribution is -0.150. The van der Waals surface area contributed by atoms with Gasteiger partial charge in [0, 0.05) is 12.1 Å². The summed E-state index contributed by atoms with van der Waals surface area (Å²) in [5.74, 6) is -0.614. The molecule has 2 atom stereocenters. The molecule has 0 bridgehead atoms. The molecule has 114 valence electrons. The number of carbonyl (C=O) groups is 2. The zero-order chi connectivity index (χ0) is 15.4. The fraction of sp³-hybridized carbons (Fsp3) is 0.500. The van der Waals surface area contributed by atoms with E-state index in [2.05, 4.69) is 5.32 Å². The molecule has 5 heteroatoms. The normalized spacial score (nSPS) is 22.3. The first-order valence-electron chi connectivity index (χ1n) is 7.42. The maximum Gasteiger partial charge on any atom is 0.246 e. The van der Waals surface area contributed by atoms with Crippen LogP contribution >= 0.6 is 0 Å². The van der Waals surface area contributed by atoms with Crippen LogP contribution in [0.5, 0.6) is 0 Å². The Morgan fingerprint density at radius 2 is 1.95 bits per heavy atom. The van der Waals surface area contributed by atoms with E-state index in [-0.39, 0.29) is 24.2 Å². The van der Waals surface area contributed by atoms with Crippen molar-refractivity contribution in [3.8, 4) is 0 Å². The van der Waals surface area contributed by atoms with Crippen LogP contribution in [-0.2, 0) is 16.1 Å². The second kappa shape index (κ2) is 6.70. The van der Waals surface area contributed by atoms with Crippen molar-refractivity contribution >= 4 is 11.8 Å². The van der Waals surface area contributed by atoms with Crippen LogP contribution in [-0.4, -0.2) is 28.8 Å². The number of piperazine rings is 1. The van der Waals surface area contributed by atoms with E-state index in [9.17, 15) is 14.0 Å². The highest BCUT2D eigenvalue weighted by Crippen LogP contribution is 2.20. The molecular formula is C16H21FN2O2. The molecule has 4 nitrogen and oxygen atoms in total. The number of hydrogen-bond acceptors (Lipinski definition) is 2. The molecule has 1 fully saturated rings. The van der Waals surface area contributed by atoms with Gasteiger partial charge in [-0.1, -0.05) is 38.5 Å². The molecule has 0 aromatic heterocycles. The predicted octanol–water partition coefficient (Wildman–Crippen LogP) is 2.23. The van der Waals surface area contributed by atoms with Crippen molar-refractivity contribution in [3.05, 3.63) is 35.6 Å². The highest BCUT2D eigenvalue weighted by Gasteiger charge is 2.39. The lowest BCUT2D eigenvalue weighted by Crippen LogP contribution is -2.62. The Hall–Kier alpha value is -1.91. The van der Waals surface area contributed by atoms with Gasteiger partial charge < -0.3 is 10.2 Å². The summed E-state index contributed by atoms with van der Waals surface area (Å²) >= 11 is 0. The van der Waals surface area contributed by atoms with Crippen LogP contribution in [0.1, 0.15) is 38.7 Å².